The molecule has 0 bridgehead atoms. The standard InChI is InChI=1S/C10H11F3N2/c11-10(12,13)8-7(3-1-6-15-8)9(14)4-2-5-9/h1,3,6H,2,4-5,14H2. The Labute approximate surface area is 85.3 Å². The molecule has 82 valence electrons. The second kappa shape index (κ2) is 3.20. The van der Waals surface area contributed by atoms with Gasteiger partial charge in [-0.05, 0) is 25.3 Å². The van der Waals surface area contributed by atoms with Crippen molar-refractivity contribution in [1.82, 2.24) is 4.98 Å². The van der Waals surface area contributed by atoms with Crippen LogP contribution in [0.25, 0.3) is 0 Å². The smallest absolute Gasteiger partial charge is 0.321 e. The van der Waals surface area contributed by atoms with Crippen molar-refractivity contribution >= 4 is 0 Å². The van der Waals surface area contributed by atoms with Crippen molar-refractivity contribution in [1.29, 1.82) is 0 Å². The molecule has 0 amide bonds. The lowest BCUT2D eigenvalue weighted by Gasteiger charge is -2.39. The number of hydrogen-bond acceptors (Lipinski definition) is 2. The highest BCUT2D eigenvalue weighted by molar-refractivity contribution is 5.32. The lowest BCUT2D eigenvalue weighted by molar-refractivity contribution is -0.142. The number of aromatic nitrogens is 1. The summed E-state index contributed by atoms with van der Waals surface area (Å²) in [5.74, 6) is 0. The Kier molecular flexibility index (Phi) is 2.22. The topological polar surface area (TPSA) is 38.9 Å². The summed E-state index contributed by atoms with van der Waals surface area (Å²) in [5.41, 5.74) is 4.35. The quantitative estimate of drug-likeness (QED) is 0.783. The molecule has 1 aliphatic rings. The van der Waals surface area contributed by atoms with E-state index in [4.69, 9.17) is 5.73 Å². The number of alkyl halides is 3. The van der Waals surface area contributed by atoms with Crippen LogP contribution in [0, 0.1) is 0 Å². The van der Waals surface area contributed by atoms with Gasteiger partial charge in [0.15, 0.2) is 0 Å². The Morgan fingerprint density at radius 2 is 2.00 bits per heavy atom. The van der Waals surface area contributed by atoms with Crippen molar-refractivity contribution in [2.24, 2.45) is 5.73 Å². The Morgan fingerprint density at radius 1 is 1.33 bits per heavy atom. The fraction of sp³-hybridized carbons (Fsp3) is 0.500. The minimum Gasteiger partial charge on any atom is -0.321 e. The van der Waals surface area contributed by atoms with Gasteiger partial charge in [-0.25, -0.2) is 0 Å². The van der Waals surface area contributed by atoms with Crippen LogP contribution in [0.4, 0.5) is 13.2 Å². The lowest BCUT2D eigenvalue weighted by atomic mass is 9.72. The minimum atomic E-state index is -4.42. The molecule has 1 saturated carbocycles. The normalized spacial score (nSPS) is 19.7. The van der Waals surface area contributed by atoms with Gasteiger partial charge >= 0.3 is 6.18 Å². The van der Waals surface area contributed by atoms with E-state index in [1.165, 1.54) is 12.1 Å². The molecule has 1 heterocycles. The molecule has 0 aromatic carbocycles. The first-order chi connectivity index (χ1) is 6.93. The number of pyridine rings is 1. The highest BCUT2D eigenvalue weighted by Gasteiger charge is 2.43. The first-order valence-electron chi connectivity index (χ1n) is 4.75. The zero-order valence-corrected chi connectivity index (χ0v) is 8.01. The summed E-state index contributed by atoms with van der Waals surface area (Å²) in [4.78, 5) is 3.39. The first-order valence-corrected chi connectivity index (χ1v) is 4.75. The molecule has 0 spiro atoms. The third-order valence-electron chi connectivity index (χ3n) is 2.86. The lowest BCUT2D eigenvalue weighted by Crippen LogP contribution is -2.45. The summed E-state index contributed by atoms with van der Waals surface area (Å²) >= 11 is 0. The summed E-state index contributed by atoms with van der Waals surface area (Å²) in [7, 11) is 0. The van der Waals surface area contributed by atoms with Gasteiger partial charge < -0.3 is 5.73 Å². The van der Waals surface area contributed by atoms with Crippen LogP contribution in [0.1, 0.15) is 30.5 Å². The van der Waals surface area contributed by atoms with Crippen molar-refractivity contribution in [2.45, 2.75) is 31.0 Å². The summed E-state index contributed by atoms with van der Waals surface area (Å²) in [6.07, 6.45) is -1.20. The van der Waals surface area contributed by atoms with Gasteiger partial charge in [-0.2, -0.15) is 13.2 Å². The molecule has 0 unspecified atom stereocenters. The molecule has 0 aliphatic heterocycles. The number of hydrogen-bond donors (Lipinski definition) is 1. The van der Waals surface area contributed by atoms with Gasteiger partial charge in [0.25, 0.3) is 0 Å². The van der Waals surface area contributed by atoms with E-state index in [9.17, 15) is 13.2 Å². The van der Waals surface area contributed by atoms with Gasteiger partial charge in [-0.3, -0.25) is 4.98 Å². The largest absolute Gasteiger partial charge is 0.433 e. The monoisotopic (exact) mass is 216 g/mol. The molecule has 2 rings (SSSR count). The van der Waals surface area contributed by atoms with Crippen LogP contribution in [0.3, 0.4) is 0 Å². The minimum absolute atomic E-state index is 0.128. The molecule has 2 N–H and O–H groups in total. The molecular formula is C10H11F3N2. The highest BCUT2D eigenvalue weighted by atomic mass is 19.4. The second-order valence-electron chi connectivity index (χ2n) is 3.91. The Balaban J connectivity index is 2.47. The van der Waals surface area contributed by atoms with Gasteiger partial charge in [0.05, 0.1) is 0 Å². The molecule has 1 aliphatic carbocycles. The van der Waals surface area contributed by atoms with E-state index in [0.29, 0.717) is 12.8 Å². The average molecular weight is 216 g/mol. The van der Waals surface area contributed by atoms with E-state index >= 15 is 0 Å². The molecule has 1 aromatic heterocycles. The molecule has 0 radical (unpaired) electrons. The van der Waals surface area contributed by atoms with Crippen LogP contribution in [-0.4, -0.2) is 4.98 Å². The Hall–Kier alpha value is -1.10. The molecule has 1 aromatic rings. The summed E-state index contributed by atoms with van der Waals surface area (Å²) < 4.78 is 37.9. The van der Waals surface area contributed by atoms with E-state index in [1.807, 2.05) is 0 Å². The molecule has 0 saturated heterocycles. The van der Waals surface area contributed by atoms with Crippen LogP contribution >= 0.6 is 0 Å². The first kappa shape index (κ1) is 10.4. The van der Waals surface area contributed by atoms with E-state index in [1.54, 1.807) is 0 Å². The van der Waals surface area contributed by atoms with Gasteiger partial charge in [-0.1, -0.05) is 6.07 Å². The van der Waals surface area contributed by atoms with Crippen LogP contribution in [0.15, 0.2) is 18.3 Å². The Morgan fingerprint density at radius 3 is 2.47 bits per heavy atom. The van der Waals surface area contributed by atoms with Crippen LogP contribution in [0.5, 0.6) is 0 Å². The molecular weight excluding hydrogens is 205 g/mol. The summed E-state index contributed by atoms with van der Waals surface area (Å²) in [6, 6.07) is 2.92. The van der Waals surface area contributed by atoms with E-state index in [0.717, 1.165) is 12.6 Å². The molecule has 5 heteroatoms. The SMILES string of the molecule is NC1(c2cccnc2C(F)(F)F)CCC1. The van der Waals surface area contributed by atoms with E-state index in [-0.39, 0.29) is 5.56 Å². The third-order valence-corrected chi connectivity index (χ3v) is 2.86. The van der Waals surface area contributed by atoms with Gasteiger partial charge in [0.2, 0.25) is 0 Å². The van der Waals surface area contributed by atoms with Crippen molar-refractivity contribution < 1.29 is 13.2 Å². The van der Waals surface area contributed by atoms with Gasteiger partial charge in [0, 0.05) is 17.3 Å². The maximum Gasteiger partial charge on any atom is 0.433 e. The Bertz CT molecular complexity index is 369. The van der Waals surface area contributed by atoms with Crippen LogP contribution in [0.2, 0.25) is 0 Å². The van der Waals surface area contributed by atoms with Crippen molar-refractivity contribution in [2.75, 3.05) is 0 Å². The second-order valence-corrected chi connectivity index (χ2v) is 3.91. The number of nitrogens with zero attached hydrogens (tertiary/aromatic N) is 1. The summed E-state index contributed by atoms with van der Waals surface area (Å²) in [5, 5.41) is 0. The van der Waals surface area contributed by atoms with Crippen LogP contribution < -0.4 is 5.73 Å². The predicted octanol–water partition coefficient (Wildman–Crippen LogP) is 2.44. The maximum atomic E-state index is 12.6. The maximum absolute atomic E-state index is 12.6. The zero-order valence-electron chi connectivity index (χ0n) is 8.01. The van der Waals surface area contributed by atoms with E-state index in [2.05, 4.69) is 4.98 Å². The zero-order chi connectivity index (χ0) is 11.1. The van der Waals surface area contributed by atoms with Crippen molar-refractivity contribution in [3.63, 3.8) is 0 Å². The van der Waals surface area contributed by atoms with E-state index < -0.39 is 17.4 Å². The fourth-order valence-corrected chi connectivity index (χ4v) is 1.86. The number of halogens is 3. The number of nitrogens with two attached hydrogens (primary N) is 1. The average Bonchev–Trinajstić information content (AvgIpc) is 2.13. The van der Waals surface area contributed by atoms with Crippen molar-refractivity contribution in [3.05, 3.63) is 29.6 Å². The van der Waals surface area contributed by atoms with Crippen LogP contribution in [-0.2, 0) is 11.7 Å². The molecule has 2 nitrogen and oxygen atoms in total. The van der Waals surface area contributed by atoms with Crippen molar-refractivity contribution in [3.8, 4) is 0 Å². The molecule has 0 atom stereocenters. The fourth-order valence-electron chi connectivity index (χ4n) is 1.86. The van der Waals surface area contributed by atoms with Gasteiger partial charge in [-0.15, -0.1) is 0 Å². The molecule has 15 heavy (non-hydrogen) atoms. The number of rotatable bonds is 1. The summed E-state index contributed by atoms with van der Waals surface area (Å²) in [6.45, 7) is 0. The third kappa shape index (κ3) is 1.71. The predicted molar refractivity (Wildman–Crippen MR) is 49.0 cm³/mol. The van der Waals surface area contributed by atoms with Gasteiger partial charge in [0.1, 0.15) is 5.69 Å². The highest BCUT2D eigenvalue weighted by Crippen LogP contribution is 2.43. The molecule has 1 fully saturated rings.